The minimum absolute atomic E-state index is 0.162. The van der Waals surface area contributed by atoms with Crippen LogP contribution in [0.25, 0.3) is 5.65 Å². The second-order valence-corrected chi connectivity index (χ2v) is 8.78. The maximum atomic E-state index is 11.9. The summed E-state index contributed by atoms with van der Waals surface area (Å²) in [4.78, 5) is 4.41. The topological polar surface area (TPSA) is 92.5 Å². The fourth-order valence-electron chi connectivity index (χ4n) is 3.22. The molecule has 2 fully saturated rings. The summed E-state index contributed by atoms with van der Waals surface area (Å²) >= 11 is 0. The molecule has 1 aliphatic carbocycles. The predicted molar refractivity (Wildman–Crippen MR) is 90.4 cm³/mol. The molecule has 8 nitrogen and oxygen atoms in total. The van der Waals surface area contributed by atoms with E-state index in [0.717, 1.165) is 30.1 Å². The molecule has 0 unspecified atom stereocenters. The molecule has 2 aromatic heterocycles. The van der Waals surface area contributed by atoms with Crippen LogP contribution in [0.4, 0.5) is 5.82 Å². The molecule has 0 radical (unpaired) electrons. The second kappa shape index (κ2) is 5.96. The van der Waals surface area contributed by atoms with Crippen LogP contribution in [-0.2, 0) is 10.0 Å². The van der Waals surface area contributed by atoms with Crippen LogP contribution in [0.5, 0.6) is 0 Å². The van der Waals surface area contributed by atoms with E-state index in [4.69, 9.17) is 0 Å². The van der Waals surface area contributed by atoms with Crippen LogP contribution in [0.15, 0.2) is 12.4 Å². The third-order valence-electron chi connectivity index (χ3n) is 4.85. The Morgan fingerprint density at radius 1 is 1.21 bits per heavy atom. The van der Waals surface area contributed by atoms with Gasteiger partial charge >= 0.3 is 0 Å². The molecule has 4 rings (SSSR count). The lowest BCUT2D eigenvalue weighted by atomic mass is 10.1. The van der Waals surface area contributed by atoms with Crippen LogP contribution in [0.1, 0.15) is 44.3 Å². The van der Waals surface area contributed by atoms with Crippen molar-refractivity contribution in [2.45, 2.75) is 44.6 Å². The summed E-state index contributed by atoms with van der Waals surface area (Å²) in [6.07, 6.45) is 7.56. The van der Waals surface area contributed by atoms with E-state index in [2.05, 4.69) is 20.5 Å². The zero-order valence-corrected chi connectivity index (χ0v) is 14.5. The molecular weight excluding hydrogens is 328 g/mol. The normalized spacial score (nSPS) is 20.5. The third-order valence-corrected chi connectivity index (χ3v) is 6.73. The molecule has 1 saturated heterocycles. The second-order valence-electron chi connectivity index (χ2n) is 6.52. The number of sulfonamides is 1. The van der Waals surface area contributed by atoms with E-state index in [1.165, 1.54) is 12.8 Å². The number of hydrogen-bond acceptors (Lipinski definition) is 6. The Bertz CT molecular complexity index is 837. The van der Waals surface area contributed by atoms with E-state index in [1.54, 1.807) is 17.4 Å². The molecule has 2 aromatic rings. The van der Waals surface area contributed by atoms with Gasteiger partial charge in [-0.05, 0) is 32.6 Å². The molecule has 0 spiro atoms. The molecule has 24 heavy (non-hydrogen) atoms. The maximum Gasteiger partial charge on any atom is 0.213 e. The standard InChI is InChI=1S/C15H22N6O2S/c1-2-24(22,23)20-8-5-12(6-9-20)17-13-15-19-18-14(11-3-4-11)21(15)10-7-16-13/h7,10-12H,2-6,8-9H2,1H3,(H,16,17). The van der Waals surface area contributed by atoms with Crippen LogP contribution in [0, 0.1) is 0 Å². The van der Waals surface area contributed by atoms with Gasteiger partial charge in [-0.3, -0.25) is 4.40 Å². The van der Waals surface area contributed by atoms with Gasteiger partial charge in [-0.25, -0.2) is 17.7 Å². The van der Waals surface area contributed by atoms with Gasteiger partial charge in [0.25, 0.3) is 0 Å². The lowest BCUT2D eigenvalue weighted by molar-refractivity contribution is 0.330. The van der Waals surface area contributed by atoms with Crippen LogP contribution in [-0.4, -0.2) is 57.2 Å². The minimum atomic E-state index is -3.09. The highest BCUT2D eigenvalue weighted by atomic mass is 32.2. The average Bonchev–Trinajstić information content (AvgIpc) is 3.34. The Labute approximate surface area is 141 Å². The molecule has 9 heteroatoms. The third kappa shape index (κ3) is 2.86. The van der Waals surface area contributed by atoms with Gasteiger partial charge in [0.05, 0.1) is 5.75 Å². The molecule has 3 heterocycles. The molecule has 1 saturated carbocycles. The summed E-state index contributed by atoms with van der Waals surface area (Å²) in [5.74, 6) is 2.43. The van der Waals surface area contributed by atoms with Crippen molar-refractivity contribution in [2.75, 3.05) is 24.2 Å². The van der Waals surface area contributed by atoms with Crippen molar-refractivity contribution in [3.63, 3.8) is 0 Å². The number of anilines is 1. The molecule has 0 atom stereocenters. The summed E-state index contributed by atoms with van der Waals surface area (Å²) in [6, 6.07) is 0.202. The molecule has 2 aliphatic rings. The monoisotopic (exact) mass is 350 g/mol. The highest BCUT2D eigenvalue weighted by Crippen LogP contribution is 2.39. The predicted octanol–water partition coefficient (Wildman–Crippen LogP) is 1.23. The van der Waals surface area contributed by atoms with Crippen LogP contribution in [0.3, 0.4) is 0 Å². The number of nitrogens with one attached hydrogen (secondary N) is 1. The lowest BCUT2D eigenvalue weighted by Crippen LogP contribution is -2.43. The average molecular weight is 350 g/mol. The van der Waals surface area contributed by atoms with Gasteiger partial charge in [-0.1, -0.05) is 0 Å². The van der Waals surface area contributed by atoms with E-state index in [-0.39, 0.29) is 11.8 Å². The molecule has 130 valence electrons. The van der Waals surface area contributed by atoms with Crippen molar-refractivity contribution in [2.24, 2.45) is 0 Å². The van der Waals surface area contributed by atoms with Crippen molar-refractivity contribution in [3.05, 3.63) is 18.2 Å². The number of aromatic nitrogens is 4. The van der Waals surface area contributed by atoms with Gasteiger partial charge in [0, 0.05) is 37.4 Å². The Balaban J connectivity index is 1.48. The maximum absolute atomic E-state index is 11.9. The van der Waals surface area contributed by atoms with Crippen LogP contribution in [0.2, 0.25) is 0 Å². The fraction of sp³-hybridized carbons (Fsp3) is 0.667. The zero-order chi connectivity index (χ0) is 16.7. The minimum Gasteiger partial charge on any atom is -0.364 e. The molecule has 1 aliphatic heterocycles. The van der Waals surface area contributed by atoms with E-state index in [0.29, 0.717) is 19.0 Å². The first-order chi connectivity index (χ1) is 11.6. The van der Waals surface area contributed by atoms with Crippen molar-refractivity contribution >= 4 is 21.5 Å². The first kappa shape index (κ1) is 15.8. The van der Waals surface area contributed by atoms with Crippen LogP contribution < -0.4 is 5.32 Å². The summed E-state index contributed by atoms with van der Waals surface area (Å²) in [7, 11) is -3.09. The van der Waals surface area contributed by atoms with E-state index >= 15 is 0 Å². The Morgan fingerprint density at radius 3 is 2.62 bits per heavy atom. The van der Waals surface area contributed by atoms with Crippen molar-refractivity contribution in [1.29, 1.82) is 0 Å². The molecule has 1 N–H and O–H groups in total. The van der Waals surface area contributed by atoms with Gasteiger partial charge in [-0.2, -0.15) is 0 Å². The van der Waals surface area contributed by atoms with Crippen molar-refractivity contribution in [3.8, 4) is 0 Å². The van der Waals surface area contributed by atoms with Gasteiger partial charge in [0.2, 0.25) is 15.7 Å². The summed E-state index contributed by atoms with van der Waals surface area (Å²) < 4.78 is 27.5. The molecule has 0 amide bonds. The highest BCUT2D eigenvalue weighted by molar-refractivity contribution is 7.89. The Hall–Kier alpha value is -1.74. The molecule has 0 aromatic carbocycles. The summed E-state index contributed by atoms with van der Waals surface area (Å²) in [5, 5.41) is 12.0. The lowest BCUT2D eigenvalue weighted by Gasteiger charge is -2.31. The van der Waals surface area contributed by atoms with Crippen molar-refractivity contribution < 1.29 is 8.42 Å². The van der Waals surface area contributed by atoms with Gasteiger partial charge < -0.3 is 5.32 Å². The number of fused-ring (bicyclic) bond motifs is 1. The summed E-state index contributed by atoms with van der Waals surface area (Å²) in [6.45, 7) is 2.79. The summed E-state index contributed by atoms with van der Waals surface area (Å²) in [5.41, 5.74) is 0.753. The number of hydrogen-bond donors (Lipinski definition) is 1. The van der Waals surface area contributed by atoms with Crippen LogP contribution >= 0.6 is 0 Å². The van der Waals surface area contributed by atoms with E-state index in [1.807, 2.05) is 10.6 Å². The largest absolute Gasteiger partial charge is 0.364 e. The SMILES string of the molecule is CCS(=O)(=O)N1CCC(Nc2nccn3c(C4CC4)nnc23)CC1. The van der Waals surface area contributed by atoms with E-state index < -0.39 is 10.0 Å². The quantitative estimate of drug-likeness (QED) is 0.872. The number of nitrogens with zero attached hydrogens (tertiary/aromatic N) is 5. The first-order valence-corrected chi connectivity index (χ1v) is 10.1. The van der Waals surface area contributed by atoms with Crippen molar-refractivity contribution in [1.82, 2.24) is 23.9 Å². The number of piperidine rings is 1. The van der Waals surface area contributed by atoms with E-state index in [9.17, 15) is 8.42 Å². The number of rotatable bonds is 5. The fourth-order valence-corrected chi connectivity index (χ4v) is 4.35. The Kier molecular flexibility index (Phi) is 3.92. The Morgan fingerprint density at radius 2 is 1.96 bits per heavy atom. The molecule has 0 bridgehead atoms. The molecular formula is C15H22N6O2S. The van der Waals surface area contributed by atoms with Gasteiger partial charge in [-0.15, -0.1) is 10.2 Å². The smallest absolute Gasteiger partial charge is 0.213 e. The van der Waals surface area contributed by atoms with Gasteiger partial charge in [0.15, 0.2) is 5.82 Å². The highest BCUT2D eigenvalue weighted by Gasteiger charge is 2.30. The first-order valence-electron chi connectivity index (χ1n) is 8.52. The zero-order valence-electron chi connectivity index (χ0n) is 13.7. The van der Waals surface area contributed by atoms with Gasteiger partial charge in [0.1, 0.15) is 5.82 Å².